The molecule has 0 unspecified atom stereocenters. The third kappa shape index (κ3) is 6.78. The molecule has 180 valence electrons. The first-order valence-electron chi connectivity index (χ1n) is 11.1. The average Bonchev–Trinajstić information content (AvgIpc) is 2.83. The number of hydrogen-bond acceptors (Lipinski definition) is 5. The lowest BCUT2D eigenvalue weighted by atomic mass is 10.1. The van der Waals surface area contributed by atoms with E-state index in [9.17, 15) is 18.0 Å². The predicted molar refractivity (Wildman–Crippen MR) is 135 cm³/mol. The first kappa shape index (κ1) is 25.7. The fourth-order valence-corrected chi connectivity index (χ4v) is 4.62. The number of anilines is 1. The van der Waals surface area contributed by atoms with Crippen molar-refractivity contribution in [3.05, 3.63) is 83.9 Å². The van der Waals surface area contributed by atoms with E-state index < -0.39 is 21.7 Å². The number of nitriles is 1. The van der Waals surface area contributed by atoms with Crippen molar-refractivity contribution in [2.24, 2.45) is 5.92 Å². The molecule has 8 heteroatoms. The van der Waals surface area contributed by atoms with E-state index in [-0.39, 0.29) is 17.4 Å². The molecule has 35 heavy (non-hydrogen) atoms. The van der Waals surface area contributed by atoms with Gasteiger partial charge in [0.15, 0.2) is 9.84 Å². The van der Waals surface area contributed by atoms with Crippen LogP contribution in [0.3, 0.4) is 0 Å². The molecule has 2 amide bonds. The molecule has 0 aliphatic heterocycles. The van der Waals surface area contributed by atoms with E-state index in [1.165, 1.54) is 4.90 Å². The summed E-state index contributed by atoms with van der Waals surface area (Å²) in [5.74, 6) is -1.31. The lowest BCUT2D eigenvalue weighted by Crippen LogP contribution is -2.41. The van der Waals surface area contributed by atoms with E-state index >= 15 is 0 Å². The quantitative estimate of drug-likeness (QED) is 0.499. The fraction of sp³-hybridized carbons (Fsp3) is 0.222. The van der Waals surface area contributed by atoms with Crippen molar-refractivity contribution < 1.29 is 18.0 Å². The Morgan fingerprint density at radius 2 is 1.69 bits per heavy atom. The molecule has 0 fully saturated rings. The summed E-state index contributed by atoms with van der Waals surface area (Å²) >= 11 is 0. The lowest BCUT2D eigenvalue weighted by Gasteiger charge is -2.24. The summed E-state index contributed by atoms with van der Waals surface area (Å²) in [6.45, 7) is 4.50. The Kier molecular flexibility index (Phi) is 8.05. The number of benzene rings is 3. The molecule has 0 spiro atoms. The molecule has 0 atom stereocenters. The van der Waals surface area contributed by atoms with E-state index in [1.54, 1.807) is 66.7 Å². The fourth-order valence-electron chi connectivity index (χ4n) is 3.71. The summed E-state index contributed by atoms with van der Waals surface area (Å²) < 4.78 is 24.2. The van der Waals surface area contributed by atoms with Gasteiger partial charge in [0.2, 0.25) is 0 Å². The molecule has 3 aromatic carbocycles. The second kappa shape index (κ2) is 11.0. The Labute approximate surface area is 205 Å². The predicted octanol–water partition coefficient (Wildman–Crippen LogP) is 4.25. The minimum Gasteiger partial charge on any atom is -0.330 e. The van der Waals surface area contributed by atoms with Crippen molar-refractivity contribution in [3.63, 3.8) is 0 Å². The van der Waals surface area contributed by atoms with E-state index in [0.717, 1.165) is 11.8 Å². The van der Waals surface area contributed by atoms with Gasteiger partial charge in [-0.3, -0.25) is 9.59 Å². The van der Waals surface area contributed by atoms with Crippen LogP contribution in [-0.4, -0.2) is 37.9 Å². The van der Waals surface area contributed by atoms with Crippen molar-refractivity contribution in [2.45, 2.75) is 25.3 Å². The molecule has 0 heterocycles. The lowest BCUT2D eigenvalue weighted by molar-refractivity contribution is -0.143. The van der Waals surface area contributed by atoms with Crippen molar-refractivity contribution in [1.29, 1.82) is 5.26 Å². The molecular formula is C27H27N3O4S. The van der Waals surface area contributed by atoms with E-state index in [2.05, 4.69) is 11.4 Å². The van der Waals surface area contributed by atoms with Crippen molar-refractivity contribution in [2.75, 3.05) is 18.1 Å². The van der Waals surface area contributed by atoms with Crippen molar-refractivity contribution in [3.8, 4) is 17.2 Å². The minimum atomic E-state index is -3.41. The molecule has 0 bridgehead atoms. The van der Waals surface area contributed by atoms with Crippen LogP contribution in [0.15, 0.2) is 77.7 Å². The summed E-state index contributed by atoms with van der Waals surface area (Å²) in [6.07, 6.45) is 1.16. The first-order valence-corrected chi connectivity index (χ1v) is 13.0. The Bertz CT molecular complexity index is 1370. The van der Waals surface area contributed by atoms with Gasteiger partial charge in [-0.1, -0.05) is 56.3 Å². The summed E-state index contributed by atoms with van der Waals surface area (Å²) in [4.78, 5) is 27.4. The normalized spacial score (nSPS) is 11.1. The van der Waals surface area contributed by atoms with Gasteiger partial charge in [0.1, 0.15) is 0 Å². The molecule has 0 aromatic heterocycles. The van der Waals surface area contributed by atoms with Gasteiger partial charge >= 0.3 is 11.8 Å². The highest BCUT2D eigenvalue weighted by atomic mass is 32.2. The molecule has 0 aliphatic rings. The number of hydrogen-bond donors (Lipinski definition) is 1. The van der Waals surface area contributed by atoms with Gasteiger partial charge < -0.3 is 10.2 Å². The third-order valence-corrected chi connectivity index (χ3v) is 6.39. The van der Waals surface area contributed by atoms with Crippen LogP contribution in [0.2, 0.25) is 0 Å². The number of sulfone groups is 1. The van der Waals surface area contributed by atoms with Gasteiger partial charge in [-0.15, -0.1) is 0 Å². The topological polar surface area (TPSA) is 107 Å². The molecule has 7 nitrogen and oxygen atoms in total. The van der Waals surface area contributed by atoms with Crippen LogP contribution >= 0.6 is 0 Å². The third-order valence-electron chi connectivity index (χ3n) is 5.24. The van der Waals surface area contributed by atoms with Crippen molar-refractivity contribution >= 4 is 27.3 Å². The van der Waals surface area contributed by atoms with Crippen LogP contribution in [-0.2, 0) is 26.0 Å². The monoisotopic (exact) mass is 489 g/mol. The van der Waals surface area contributed by atoms with Crippen LogP contribution < -0.4 is 5.32 Å². The number of rotatable bonds is 7. The average molecular weight is 490 g/mol. The molecular weight excluding hydrogens is 462 g/mol. The van der Waals surface area contributed by atoms with Crippen LogP contribution in [0, 0.1) is 17.2 Å². The van der Waals surface area contributed by atoms with Crippen LogP contribution in [0.1, 0.15) is 25.0 Å². The molecule has 0 radical (unpaired) electrons. The zero-order valence-electron chi connectivity index (χ0n) is 19.9. The Balaban J connectivity index is 1.76. The number of carbonyl (C=O) groups excluding carboxylic acids is 2. The highest BCUT2D eigenvalue weighted by Crippen LogP contribution is 2.28. The van der Waals surface area contributed by atoms with Gasteiger partial charge in [0, 0.05) is 30.6 Å². The molecule has 1 N–H and O–H groups in total. The smallest absolute Gasteiger partial charge is 0.313 e. The molecule has 3 aromatic rings. The molecule has 0 saturated carbocycles. The Morgan fingerprint density at radius 3 is 2.31 bits per heavy atom. The zero-order chi connectivity index (χ0) is 25.6. The summed E-state index contributed by atoms with van der Waals surface area (Å²) in [6, 6.07) is 22.4. The summed E-state index contributed by atoms with van der Waals surface area (Å²) in [5, 5.41) is 11.8. The van der Waals surface area contributed by atoms with Crippen LogP contribution in [0.4, 0.5) is 5.69 Å². The Morgan fingerprint density at radius 1 is 1.00 bits per heavy atom. The maximum absolute atomic E-state index is 13.0. The number of amides is 2. The van der Waals surface area contributed by atoms with Gasteiger partial charge in [0.05, 0.1) is 16.5 Å². The van der Waals surface area contributed by atoms with Gasteiger partial charge in [-0.05, 0) is 47.4 Å². The SMILES string of the molecule is CC(C)CN(Cc1cccc(C#N)c1)C(=O)C(=O)Nc1ccc(-c2ccccc2S(C)(=O)=O)cc1. The standard InChI is InChI=1S/C27H27N3O4S/c1-19(2)17-30(18-21-8-6-7-20(15-21)16-28)27(32)26(31)29-23-13-11-22(12-14-23)24-9-4-5-10-25(24)35(3,33)34/h4-15,19H,17-18H2,1-3H3,(H,29,31). The molecule has 0 saturated heterocycles. The first-order chi connectivity index (χ1) is 16.6. The highest BCUT2D eigenvalue weighted by molar-refractivity contribution is 7.90. The van der Waals surface area contributed by atoms with Crippen molar-refractivity contribution in [1.82, 2.24) is 4.90 Å². The van der Waals surface area contributed by atoms with Gasteiger partial charge in [-0.25, -0.2) is 8.42 Å². The molecule has 0 aliphatic carbocycles. The Hall–Kier alpha value is -3.96. The largest absolute Gasteiger partial charge is 0.330 e. The summed E-state index contributed by atoms with van der Waals surface area (Å²) in [5.41, 5.74) is 2.90. The second-order valence-electron chi connectivity index (χ2n) is 8.69. The van der Waals surface area contributed by atoms with Crippen LogP contribution in [0.5, 0.6) is 0 Å². The zero-order valence-corrected chi connectivity index (χ0v) is 20.7. The molecule has 3 rings (SSSR count). The van der Waals surface area contributed by atoms with Gasteiger partial charge in [-0.2, -0.15) is 5.26 Å². The highest BCUT2D eigenvalue weighted by Gasteiger charge is 2.23. The number of nitrogens with zero attached hydrogens (tertiary/aromatic N) is 2. The maximum Gasteiger partial charge on any atom is 0.313 e. The minimum absolute atomic E-state index is 0.139. The van der Waals surface area contributed by atoms with E-state index in [0.29, 0.717) is 28.9 Å². The van der Waals surface area contributed by atoms with Gasteiger partial charge in [0.25, 0.3) is 0 Å². The number of carbonyl (C=O) groups is 2. The maximum atomic E-state index is 13.0. The summed E-state index contributed by atoms with van der Waals surface area (Å²) in [7, 11) is -3.41. The second-order valence-corrected chi connectivity index (χ2v) is 10.7. The van der Waals surface area contributed by atoms with E-state index in [4.69, 9.17) is 5.26 Å². The van der Waals surface area contributed by atoms with E-state index in [1.807, 2.05) is 19.9 Å². The van der Waals surface area contributed by atoms with Crippen LogP contribution in [0.25, 0.3) is 11.1 Å². The number of nitrogens with one attached hydrogen (secondary N) is 1.